The van der Waals surface area contributed by atoms with Gasteiger partial charge in [-0.15, -0.1) is 0 Å². The fourth-order valence-electron chi connectivity index (χ4n) is 1.85. The summed E-state index contributed by atoms with van der Waals surface area (Å²) in [6, 6.07) is 1.04. The van der Waals surface area contributed by atoms with Crippen LogP contribution in [0.1, 0.15) is 32.4 Å². The van der Waals surface area contributed by atoms with Crippen molar-refractivity contribution in [2.45, 2.75) is 39.2 Å². The highest BCUT2D eigenvalue weighted by atomic mass is 16.4. The first-order valence-corrected chi connectivity index (χ1v) is 6.39. The quantitative estimate of drug-likeness (QED) is 0.771. The van der Waals surface area contributed by atoms with Gasteiger partial charge in [-0.25, -0.2) is 4.79 Å². The first-order chi connectivity index (χ1) is 8.90. The molecule has 2 N–H and O–H groups in total. The van der Waals surface area contributed by atoms with Crippen LogP contribution in [0.25, 0.3) is 0 Å². The zero-order chi connectivity index (χ0) is 14.4. The lowest BCUT2D eigenvalue weighted by molar-refractivity contribution is -0.142. The maximum absolute atomic E-state index is 11.7. The van der Waals surface area contributed by atoms with Crippen molar-refractivity contribution >= 4 is 11.9 Å². The number of carbonyl (C=O) groups is 2. The molecule has 6 nitrogen and oxygen atoms in total. The second-order valence-electron chi connectivity index (χ2n) is 5.03. The first-order valence-electron chi connectivity index (χ1n) is 6.39. The van der Waals surface area contributed by atoms with E-state index in [0.29, 0.717) is 12.8 Å². The third-order valence-corrected chi connectivity index (χ3v) is 2.87. The van der Waals surface area contributed by atoms with Gasteiger partial charge in [0.25, 0.3) is 0 Å². The van der Waals surface area contributed by atoms with Crippen LogP contribution in [-0.4, -0.2) is 32.8 Å². The molecule has 1 unspecified atom stereocenters. The van der Waals surface area contributed by atoms with Gasteiger partial charge in [-0.05, 0) is 24.8 Å². The number of nitrogens with zero attached hydrogens (tertiary/aromatic N) is 2. The van der Waals surface area contributed by atoms with E-state index in [9.17, 15) is 9.59 Å². The van der Waals surface area contributed by atoms with Crippen LogP contribution >= 0.6 is 0 Å². The van der Waals surface area contributed by atoms with Gasteiger partial charge in [0.2, 0.25) is 5.91 Å². The zero-order valence-corrected chi connectivity index (χ0v) is 11.6. The van der Waals surface area contributed by atoms with E-state index >= 15 is 0 Å². The van der Waals surface area contributed by atoms with Gasteiger partial charge in [0.1, 0.15) is 6.04 Å². The van der Waals surface area contributed by atoms with Gasteiger partial charge in [-0.3, -0.25) is 9.48 Å². The molecule has 1 atom stereocenters. The van der Waals surface area contributed by atoms with Crippen LogP contribution in [0.3, 0.4) is 0 Å². The van der Waals surface area contributed by atoms with E-state index in [0.717, 1.165) is 5.69 Å². The summed E-state index contributed by atoms with van der Waals surface area (Å²) in [7, 11) is 1.81. The summed E-state index contributed by atoms with van der Waals surface area (Å²) in [5.41, 5.74) is 0.950. The van der Waals surface area contributed by atoms with E-state index in [1.807, 2.05) is 27.0 Å². The number of carboxylic acid groups (broad SMARTS) is 1. The molecule has 0 spiro atoms. The Morgan fingerprint density at radius 2 is 2.16 bits per heavy atom. The van der Waals surface area contributed by atoms with Crippen molar-refractivity contribution < 1.29 is 14.7 Å². The Labute approximate surface area is 112 Å². The van der Waals surface area contributed by atoms with Crippen molar-refractivity contribution in [2.75, 3.05) is 0 Å². The highest BCUT2D eigenvalue weighted by Crippen LogP contribution is 2.06. The van der Waals surface area contributed by atoms with E-state index in [1.54, 1.807) is 10.9 Å². The number of rotatable bonds is 7. The molecule has 1 heterocycles. The molecule has 0 aromatic carbocycles. The Hall–Kier alpha value is -1.85. The van der Waals surface area contributed by atoms with Gasteiger partial charge in [0, 0.05) is 25.4 Å². The number of aryl methyl sites for hydroxylation is 2. The average molecular weight is 267 g/mol. The van der Waals surface area contributed by atoms with E-state index in [4.69, 9.17) is 5.11 Å². The molecule has 19 heavy (non-hydrogen) atoms. The summed E-state index contributed by atoms with van der Waals surface area (Å²) in [6.07, 6.45) is 2.93. The predicted octanol–water partition coefficient (Wildman–Crippen LogP) is 0.968. The maximum atomic E-state index is 11.7. The van der Waals surface area contributed by atoms with Crippen LogP contribution in [0.4, 0.5) is 0 Å². The highest BCUT2D eigenvalue weighted by molar-refractivity contribution is 5.83. The van der Waals surface area contributed by atoms with E-state index < -0.39 is 12.0 Å². The van der Waals surface area contributed by atoms with Gasteiger partial charge >= 0.3 is 5.97 Å². The fourth-order valence-corrected chi connectivity index (χ4v) is 1.85. The number of carboxylic acids is 1. The molecular formula is C13H21N3O3. The maximum Gasteiger partial charge on any atom is 0.326 e. The number of carbonyl (C=O) groups excluding carboxylic acids is 1. The SMILES string of the molecule is CC(C)CC(NC(=O)CCc1ccnn1C)C(=O)O. The molecule has 0 aliphatic rings. The standard InChI is InChI=1S/C13H21N3O3/c1-9(2)8-11(13(18)19)15-12(17)5-4-10-6-7-14-16(10)3/h6-7,9,11H,4-5,8H2,1-3H3,(H,15,17)(H,18,19). The summed E-state index contributed by atoms with van der Waals surface area (Å²) < 4.78 is 1.70. The van der Waals surface area contributed by atoms with Crippen molar-refractivity contribution in [3.63, 3.8) is 0 Å². The predicted molar refractivity (Wildman–Crippen MR) is 70.6 cm³/mol. The molecule has 0 saturated carbocycles. The number of hydrogen-bond donors (Lipinski definition) is 2. The lowest BCUT2D eigenvalue weighted by Gasteiger charge is -2.16. The van der Waals surface area contributed by atoms with Crippen molar-refractivity contribution in [3.05, 3.63) is 18.0 Å². The van der Waals surface area contributed by atoms with Crippen LogP contribution < -0.4 is 5.32 Å². The monoisotopic (exact) mass is 267 g/mol. The van der Waals surface area contributed by atoms with Crippen LogP contribution in [-0.2, 0) is 23.1 Å². The van der Waals surface area contributed by atoms with E-state index in [-0.39, 0.29) is 18.2 Å². The normalized spacial score (nSPS) is 12.4. The van der Waals surface area contributed by atoms with Gasteiger partial charge in [0.05, 0.1) is 0 Å². The largest absolute Gasteiger partial charge is 0.480 e. The minimum Gasteiger partial charge on any atom is -0.480 e. The second kappa shape index (κ2) is 6.92. The Morgan fingerprint density at radius 1 is 1.47 bits per heavy atom. The summed E-state index contributed by atoms with van der Waals surface area (Å²) in [6.45, 7) is 3.86. The summed E-state index contributed by atoms with van der Waals surface area (Å²) in [5, 5.41) is 15.6. The van der Waals surface area contributed by atoms with Crippen LogP contribution in [0.5, 0.6) is 0 Å². The van der Waals surface area contributed by atoms with Crippen molar-refractivity contribution in [3.8, 4) is 0 Å². The Balaban J connectivity index is 2.45. The van der Waals surface area contributed by atoms with Crippen molar-refractivity contribution in [2.24, 2.45) is 13.0 Å². The number of amides is 1. The number of aromatic nitrogens is 2. The molecule has 0 aliphatic heterocycles. The zero-order valence-electron chi connectivity index (χ0n) is 11.6. The third-order valence-electron chi connectivity index (χ3n) is 2.87. The van der Waals surface area contributed by atoms with Gasteiger partial charge < -0.3 is 10.4 Å². The number of nitrogens with one attached hydrogen (secondary N) is 1. The molecule has 0 saturated heterocycles. The molecule has 1 amide bonds. The molecule has 106 valence electrons. The molecule has 0 fully saturated rings. The Morgan fingerprint density at radius 3 is 2.63 bits per heavy atom. The van der Waals surface area contributed by atoms with Crippen LogP contribution in [0.15, 0.2) is 12.3 Å². The van der Waals surface area contributed by atoms with Crippen molar-refractivity contribution in [1.29, 1.82) is 0 Å². The molecule has 0 bridgehead atoms. The summed E-state index contributed by atoms with van der Waals surface area (Å²) in [5.74, 6) is -1.00. The molecule has 1 aromatic rings. The topological polar surface area (TPSA) is 84.2 Å². The number of hydrogen-bond acceptors (Lipinski definition) is 3. The van der Waals surface area contributed by atoms with E-state index in [1.165, 1.54) is 0 Å². The molecule has 0 aliphatic carbocycles. The average Bonchev–Trinajstić information content (AvgIpc) is 2.70. The van der Waals surface area contributed by atoms with Crippen LogP contribution in [0.2, 0.25) is 0 Å². The number of aliphatic carboxylic acids is 1. The lowest BCUT2D eigenvalue weighted by Crippen LogP contribution is -2.41. The molecule has 0 radical (unpaired) electrons. The first kappa shape index (κ1) is 15.2. The smallest absolute Gasteiger partial charge is 0.326 e. The summed E-state index contributed by atoms with van der Waals surface area (Å²) >= 11 is 0. The van der Waals surface area contributed by atoms with Gasteiger partial charge in [-0.1, -0.05) is 13.8 Å². The van der Waals surface area contributed by atoms with Gasteiger partial charge in [-0.2, -0.15) is 5.10 Å². The highest BCUT2D eigenvalue weighted by Gasteiger charge is 2.20. The molecule has 1 rings (SSSR count). The lowest BCUT2D eigenvalue weighted by atomic mass is 10.0. The molecular weight excluding hydrogens is 246 g/mol. The Bertz CT molecular complexity index is 440. The third kappa shape index (κ3) is 5.11. The van der Waals surface area contributed by atoms with Crippen LogP contribution in [0, 0.1) is 5.92 Å². The Kier molecular flexibility index (Phi) is 5.54. The van der Waals surface area contributed by atoms with E-state index in [2.05, 4.69) is 10.4 Å². The molecule has 1 aromatic heterocycles. The second-order valence-corrected chi connectivity index (χ2v) is 5.03. The van der Waals surface area contributed by atoms with Gasteiger partial charge in [0.15, 0.2) is 0 Å². The summed E-state index contributed by atoms with van der Waals surface area (Å²) in [4.78, 5) is 22.8. The minimum atomic E-state index is -0.984. The minimum absolute atomic E-state index is 0.221. The molecule has 6 heteroatoms. The van der Waals surface area contributed by atoms with Crippen molar-refractivity contribution in [1.82, 2.24) is 15.1 Å². The fraction of sp³-hybridized carbons (Fsp3) is 0.615.